The summed E-state index contributed by atoms with van der Waals surface area (Å²) in [5.41, 5.74) is 0.503. The highest BCUT2D eigenvalue weighted by Gasteiger charge is 2.33. The van der Waals surface area contributed by atoms with Crippen molar-refractivity contribution in [2.45, 2.75) is 25.9 Å². The number of nitrogens with one attached hydrogen (secondary N) is 1. The summed E-state index contributed by atoms with van der Waals surface area (Å²) in [6, 6.07) is 0. The Morgan fingerprint density at radius 2 is 2.43 bits per heavy atom. The third kappa shape index (κ3) is 2.27. The Morgan fingerprint density at radius 3 is 3.00 bits per heavy atom. The zero-order valence-electron chi connectivity index (χ0n) is 9.38. The van der Waals surface area contributed by atoms with Crippen LogP contribution in [0.25, 0.3) is 0 Å². The molecule has 0 aromatic carbocycles. The summed E-state index contributed by atoms with van der Waals surface area (Å²) >= 11 is 0. The standard InChI is InChI=1S/C11H22N2O/c1-11(4-5-12-8-11)9-13-6-3-10(7-13)14-2/h10,12H,3-9H2,1-2H3/t10-,11?/m1/s1. The minimum Gasteiger partial charge on any atom is -0.380 e. The lowest BCUT2D eigenvalue weighted by atomic mass is 9.89. The summed E-state index contributed by atoms with van der Waals surface area (Å²) in [6.45, 7) is 8.35. The van der Waals surface area contributed by atoms with Crippen LogP contribution >= 0.6 is 0 Å². The van der Waals surface area contributed by atoms with Crippen LogP contribution in [0.5, 0.6) is 0 Å². The molecule has 2 atom stereocenters. The van der Waals surface area contributed by atoms with Gasteiger partial charge in [-0.15, -0.1) is 0 Å². The van der Waals surface area contributed by atoms with Crippen molar-refractivity contribution in [2.24, 2.45) is 5.41 Å². The highest BCUT2D eigenvalue weighted by molar-refractivity contribution is 4.89. The minimum absolute atomic E-state index is 0.480. The molecule has 0 bridgehead atoms. The van der Waals surface area contributed by atoms with Gasteiger partial charge in [0.2, 0.25) is 0 Å². The quantitative estimate of drug-likeness (QED) is 0.723. The molecule has 0 aliphatic carbocycles. The summed E-state index contributed by atoms with van der Waals surface area (Å²) in [7, 11) is 1.83. The third-order valence-electron chi connectivity index (χ3n) is 3.62. The first kappa shape index (κ1) is 10.4. The fraction of sp³-hybridized carbons (Fsp3) is 1.00. The molecule has 2 saturated heterocycles. The van der Waals surface area contributed by atoms with Crippen LogP contribution < -0.4 is 5.32 Å². The van der Waals surface area contributed by atoms with Crippen molar-refractivity contribution < 1.29 is 4.74 Å². The van der Waals surface area contributed by atoms with Crippen molar-refractivity contribution >= 4 is 0 Å². The topological polar surface area (TPSA) is 24.5 Å². The van der Waals surface area contributed by atoms with E-state index in [2.05, 4.69) is 17.1 Å². The molecule has 14 heavy (non-hydrogen) atoms. The van der Waals surface area contributed by atoms with Crippen LogP contribution in [0.1, 0.15) is 19.8 Å². The molecule has 0 radical (unpaired) electrons. The van der Waals surface area contributed by atoms with Crippen LogP contribution in [-0.4, -0.2) is 50.8 Å². The van der Waals surface area contributed by atoms with E-state index in [-0.39, 0.29) is 0 Å². The maximum absolute atomic E-state index is 5.38. The monoisotopic (exact) mass is 198 g/mol. The lowest BCUT2D eigenvalue weighted by molar-refractivity contribution is 0.101. The fourth-order valence-electron chi connectivity index (χ4n) is 2.68. The van der Waals surface area contributed by atoms with Gasteiger partial charge in [0, 0.05) is 33.3 Å². The van der Waals surface area contributed by atoms with E-state index in [9.17, 15) is 0 Å². The van der Waals surface area contributed by atoms with E-state index < -0.39 is 0 Å². The van der Waals surface area contributed by atoms with E-state index >= 15 is 0 Å². The van der Waals surface area contributed by atoms with Gasteiger partial charge in [-0.05, 0) is 24.8 Å². The van der Waals surface area contributed by atoms with E-state index in [1.165, 1.54) is 39.0 Å². The number of hydrogen-bond acceptors (Lipinski definition) is 3. The normalized spacial score (nSPS) is 39.4. The van der Waals surface area contributed by atoms with Crippen molar-refractivity contribution in [2.75, 3.05) is 39.8 Å². The van der Waals surface area contributed by atoms with Crippen LogP contribution in [0.4, 0.5) is 0 Å². The summed E-state index contributed by atoms with van der Waals surface area (Å²) < 4.78 is 5.38. The third-order valence-corrected chi connectivity index (χ3v) is 3.62. The van der Waals surface area contributed by atoms with Gasteiger partial charge < -0.3 is 15.0 Å². The Labute approximate surface area is 86.8 Å². The molecule has 1 unspecified atom stereocenters. The second kappa shape index (κ2) is 4.17. The van der Waals surface area contributed by atoms with Crippen molar-refractivity contribution in [3.05, 3.63) is 0 Å². The summed E-state index contributed by atoms with van der Waals surface area (Å²) in [4.78, 5) is 2.56. The lowest BCUT2D eigenvalue weighted by Crippen LogP contribution is -2.36. The van der Waals surface area contributed by atoms with Gasteiger partial charge in [0.25, 0.3) is 0 Å². The van der Waals surface area contributed by atoms with Crippen LogP contribution in [0.15, 0.2) is 0 Å². The molecule has 0 spiro atoms. The highest BCUT2D eigenvalue weighted by atomic mass is 16.5. The molecule has 2 fully saturated rings. The Kier molecular flexibility index (Phi) is 3.10. The molecule has 3 heteroatoms. The van der Waals surface area contributed by atoms with E-state index in [4.69, 9.17) is 4.74 Å². The van der Waals surface area contributed by atoms with Gasteiger partial charge in [-0.2, -0.15) is 0 Å². The lowest BCUT2D eigenvalue weighted by Gasteiger charge is -2.28. The number of likely N-dealkylation sites (tertiary alicyclic amines) is 1. The average molecular weight is 198 g/mol. The summed E-state index contributed by atoms with van der Waals surface area (Å²) in [5.74, 6) is 0. The van der Waals surface area contributed by atoms with Crippen LogP contribution in [0, 0.1) is 5.41 Å². The first-order valence-corrected chi connectivity index (χ1v) is 5.68. The Bertz CT molecular complexity index is 190. The molecule has 2 aliphatic rings. The molecule has 0 aromatic heterocycles. The van der Waals surface area contributed by atoms with E-state index in [1.54, 1.807) is 0 Å². The van der Waals surface area contributed by atoms with E-state index in [0.29, 0.717) is 11.5 Å². The fourth-order valence-corrected chi connectivity index (χ4v) is 2.68. The number of nitrogens with zero attached hydrogens (tertiary/aromatic N) is 1. The van der Waals surface area contributed by atoms with E-state index in [1.807, 2.05) is 7.11 Å². The van der Waals surface area contributed by atoms with E-state index in [0.717, 1.165) is 6.54 Å². The van der Waals surface area contributed by atoms with Crippen molar-refractivity contribution in [3.8, 4) is 0 Å². The van der Waals surface area contributed by atoms with Crippen LogP contribution in [0.2, 0.25) is 0 Å². The Morgan fingerprint density at radius 1 is 1.57 bits per heavy atom. The number of ether oxygens (including phenoxy) is 1. The van der Waals surface area contributed by atoms with Gasteiger partial charge in [-0.25, -0.2) is 0 Å². The number of methoxy groups -OCH3 is 1. The number of rotatable bonds is 3. The van der Waals surface area contributed by atoms with Crippen LogP contribution in [-0.2, 0) is 4.74 Å². The van der Waals surface area contributed by atoms with Gasteiger partial charge >= 0.3 is 0 Å². The minimum atomic E-state index is 0.480. The molecule has 3 nitrogen and oxygen atoms in total. The highest BCUT2D eigenvalue weighted by Crippen LogP contribution is 2.27. The van der Waals surface area contributed by atoms with Crippen LogP contribution in [0.3, 0.4) is 0 Å². The molecule has 0 aromatic rings. The Balaban J connectivity index is 1.80. The Hall–Kier alpha value is -0.120. The second-order valence-electron chi connectivity index (χ2n) is 5.12. The second-order valence-corrected chi connectivity index (χ2v) is 5.12. The zero-order valence-corrected chi connectivity index (χ0v) is 9.38. The summed E-state index contributed by atoms with van der Waals surface area (Å²) in [5, 5.41) is 3.45. The van der Waals surface area contributed by atoms with Gasteiger partial charge in [0.1, 0.15) is 0 Å². The molecule has 0 saturated carbocycles. The average Bonchev–Trinajstić information content (AvgIpc) is 2.75. The zero-order chi connectivity index (χ0) is 10.0. The smallest absolute Gasteiger partial charge is 0.0710 e. The predicted molar refractivity (Wildman–Crippen MR) is 57.4 cm³/mol. The summed E-state index contributed by atoms with van der Waals surface area (Å²) in [6.07, 6.45) is 3.01. The molecule has 2 rings (SSSR count). The predicted octanol–water partition coefficient (Wildman–Crippen LogP) is 0.707. The SMILES string of the molecule is CO[C@@H]1CCN(CC2(C)CCNC2)C1. The van der Waals surface area contributed by atoms with Gasteiger partial charge in [-0.1, -0.05) is 6.92 Å². The van der Waals surface area contributed by atoms with Crippen molar-refractivity contribution in [1.29, 1.82) is 0 Å². The molecule has 2 heterocycles. The maximum atomic E-state index is 5.38. The van der Waals surface area contributed by atoms with Gasteiger partial charge in [-0.3, -0.25) is 0 Å². The molecule has 2 aliphatic heterocycles. The first-order valence-electron chi connectivity index (χ1n) is 5.68. The molecular formula is C11H22N2O. The first-order chi connectivity index (χ1) is 6.72. The van der Waals surface area contributed by atoms with Gasteiger partial charge in [0.05, 0.1) is 6.10 Å². The van der Waals surface area contributed by atoms with Crippen molar-refractivity contribution in [3.63, 3.8) is 0 Å². The molecule has 0 amide bonds. The number of hydrogen-bond donors (Lipinski definition) is 1. The maximum Gasteiger partial charge on any atom is 0.0710 e. The largest absolute Gasteiger partial charge is 0.380 e. The molecule has 1 N–H and O–H groups in total. The molecular weight excluding hydrogens is 176 g/mol. The van der Waals surface area contributed by atoms with Gasteiger partial charge in [0.15, 0.2) is 0 Å². The van der Waals surface area contributed by atoms with Crippen molar-refractivity contribution in [1.82, 2.24) is 10.2 Å². The molecule has 82 valence electrons.